The summed E-state index contributed by atoms with van der Waals surface area (Å²) in [4.78, 5) is 12.3. The molecule has 2 heterocycles. The Morgan fingerprint density at radius 2 is 2.00 bits per heavy atom. The van der Waals surface area contributed by atoms with E-state index in [4.69, 9.17) is 10.3 Å². The van der Waals surface area contributed by atoms with Crippen LogP contribution in [0.4, 0.5) is 5.82 Å². The van der Waals surface area contributed by atoms with Crippen LogP contribution < -0.4 is 15.8 Å². The molecule has 3 aromatic rings. The van der Waals surface area contributed by atoms with E-state index in [1.165, 1.54) is 25.5 Å². The van der Waals surface area contributed by atoms with E-state index in [1.807, 2.05) is 30.3 Å². The monoisotopic (exact) mass is 471 g/mol. The fourth-order valence-electron chi connectivity index (χ4n) is 3.37. The average molecular weight is 472 g/mol. The first-order chi connectivity index (χ1) is 15.7. The van der Waals surface area contributed by atoms with E-state index in [2.05, 4.69) is 26.4 Å². The number of carbonyl (C=O) groups excluding carboxylic acids is 1. The SMILES string of the molecule is Cc1noc(C)c1S(=O)(=O)N[C@@H](C)C(=O)NCCCc1nn(-c2ccccc2)c(N)c1C#N. The minimum absolute atomic E-state index is 0.0715. The van der Waals surface area contributed by atoms with Crippen molar-refractivity contribution in [1.29, 1.82) is 5.26 Å². The number of aromatic nitrogens is 3. The number of anilines is 1. The van der Waals surface area contributed by atoms with Gasteiger partial charge in [0.05, 0.1) is 17.4 Å². The molecule has 4 N–H and O–H groups in total. The van der Waals surface area contributed by atoms with E-state index in [0.29, 0.717) is 24.1 Å². The molecule has 0 aliphatic carbocycles. The van der Waals surface area contributed by atoms with Crippen LogP contribution in [0, 0.1) is 25.2 Å². The number of nitrogens with two attached hydrogens (primary N) is 1. The number of hydrogen-bond donors (Lipinski definition) is 3. The molecule has 3 rings (SSSR count). The van der Waals surface area contributed by atoms with Crippen molar-refractivity contribution in [3.05, 3.63) is 53.0 Å². The van der Waals surface area contributed by atoms with Gasteiger partial charge < -0.3 is 15.6 Å². The van der Waals surface area contributed by atoms with Gasteiger partial charge in [0.2, 0.25) is 15.9 Å². The Bertz CT molecular complexity index is 1270. The van der Waals surface area contributed by atoms with Gasteiger partial charge in [-0.05, 0) is 45.7 Å². The molecule has 0 fully saturated rings. The molecule has 0 radical (unpaired) electrons. The van der Waals surface area contributed by atoms with Crippen LogP contribution in [0.1, 0.15) is 36.1 Å². The molecule has 0 aliphatic rings. The highest BCUT2D eigenvalue weighted by atomic mass is 32.2. The van der Waals surface area contributed by atoms with Crippen molar-refractivity contribution in [3.63, 3.8) is 0 Å². The van der Waals surface area contributed by atoms with Gasteiger partial charge in [-0.15, -0.1) is 0 Å². The maximum absolute atomic E-state index is 12.5. The number of benzene rings is 1. The molecule has 33 heavy (non-hydrogen) atoms. The largest absolute Gasteiger partial charge is 0.382 e. The van der Waals surface area contributed by atoms with Gasteiger partial charge in [-0.3, -0.25) is 4.79 Å². The zero-order valence-corrected chi connectivity index (χ0v) is 19.3. The zero-order valence-electron chi connectivity index (χ0n) is 18.5. The van der Waals surface area contributed by atoms with Gasteiger partial charge in [0.15, 0.2) is 5.76 Å². The van der Waals surface area contributed by atoms with E-state index in [9.17, 15) is 18.5 Å². The molecule has 1 atom stereocenters. The Balaban J connectivity index is 1.57. The lowest BCUT2D eigenvalue weighted by molar-refractivity contribution is -0.122. The van der Waals surface area contributed by atoms with Gasteiger partial charge in [-0.1, -0.05) is 23.4 Å². The molecular weight excluding hydrogens is 446 g/mol. The van der Waals surface area contributed by atoms with Crippen LogP contribution in [0.25, 0.3) is 5.69 Å². The summed E-state index contributed by atoms with van der Waals surface area (Å²) in [6, 6.07) is 10.3. The minimum Gasteiger partial charge on any atom is -0.382 e. The van der Waals surface area contributed by atoms with Gasteiger partial charge >= 0.3 is 0 Å². The number of nitriles is 1. The summed E-state index contributed by atoms with van der Waals surface area (Å²) >= 11 is 0. The molecular formula is C21H25N7O4S. The van der Waals surface area contributed by atoms with Crippen LogP contribution in [0.15, 0.2) is 39.8 Å². The van der Waals surface area contributed by atoms with Crippen LogP contribution in [0.5, 0.6) is 0 Å². The van der Waals surface area contributed by atoms with Gasteiger partial charge in [0.1, 0.15) is 28.0 Å². The number of nitrogens with one attached hydrogen (secondary N) is 2. The summed E-state index contributed by atoms with van der Waals surface area (Å²) in [5, 5.41) is 20.2. The van der Waals surface area contributed by atoms with E-state index in [-0.39, 0.29) is 28.7 Å². The topological polar surface area (TPSA) is 169 Å². The number of amides is 1. The van der Waals surface area contributed by atoms with E-state index in [0.717, 1.165) is 5.69 Å². The number of sulfonamides is 1. The standard InChI is InChI=1S/C21H25N7O4S/c1-13-19(15(3)32-26-13)33(30,31)27-14(2)21(29)24-11-7-10-18-17(12-22)20(23)28(25-18)16-8-5-4-6-9-16/h4-6,8-9,14,27H,7,10-11,23H2,1-3H3,(H,24,29)/t14-/m0/s1. The van der Waals surface area contributed by atoms with E-state index >= 15 is 0 Å². The number of carbonyl (C=O) groups is 1. The zero-order chi connectivity index (χ0) is 24.2. The third-order valence-corrected chi connectivity index (χ3v) is 6.74. The third-order valence-electron chi connectivity index (χ3n) is 4.96. The molecule has 2 aromatic heterocycles. The van der Waals surface area contributed by atoms with Crippen molar-refractivity contribution in [3.8, 4) is 11.8 Å². The van der Waals surface area contributed by atoms with Crippen molar-refractivity contribution >= 4 is 21.7 Å². The summed E-state index contributed by atoms with van der Waals surface area (Å²) in [6.07, 6.45) is 0.890. The first-order valence-electron chi connectivity index (χ1n) is 10.2. The van der Waals surface area contributed by atoms with Crippen LogP contribution in [-0.4, -0.2) is 41.8 Å². The van der Waals surface area contributed by atoms with Crippen molar-refractivity contribution in [1.82, 2.24) is 25.0 Å². The van der Waals surface area contributed by atoms with Crippen LogP contribution in [-0.2, 0) is 21.2 Å². The van der Waals surface area contributed by atoms with E-state index < -0.39 is 22.0 Å². The van der Waals surface area contributed by atoms with Crippen molar-refractivity contribution < 1.29 is 17.7 Å². The molecule has 12 heteroatoms. The van der Waals surface area contributed by atoms with Crippen molar-refractivity contribution in [2.24, 2.45) is 0 Å². The molecule has 0 bridgehead atoms. The number of rotatable bonds is 9. The lowest BCUT2D eigenvalue weighted by Crippen LogP contribution is -2.45. The molecule has 0 aliphatic heterocycles. The van der Waals surface area contributed by atoms with Crippen LogP contribution in [0.2, 0.25) is 0 Å². The first-order valence-corrected chi connectivity index (χ1v) is 11.7. The second kappa shape index (κ2) is 9.85. The summed E-state index contributed by atoms with van der Waals surface area (Å²) in [5.74, 6) is -0.0830. The molecule has 174 valence electrons. The smallest absolute Gasteiger partial charge is 0.246 e. The summed E-state index contributed by atoms with van der Waals surface area (Å²) in [6.45, 7) is 4.71. The van der Waals surface area contributed by atoms with Gasteiger partial charge in [-0.2, -0.15) is 15.1 Å². The average Bonchev–Trinajstić information content (AvgIpc) is 3.29. The Hall–Kier alpha value is -3.69. The first kappa shape index (κ1) is 24.0. The Morgan fingerprint density at radius 3 is 2.61 bits per heavy atom. The lowest BCUT2D eigenvalue weighted by Gasteiger charge is -2.14. The lowest BCUT2D eigenvalue weighted by atomic mass is 10.1. The summed E-state index contributed by atoms with van der Waals surface area (Å²) < 4.78 is 33.8. The number of nitrogen functional groups attached to an aromatic ring is 1. The van der Waals surface area contributed by atoms with Gasteiger partial charge in [0, 0.05) is 6.54 Å². The minimum atomic E-state index is -3.96. The molecule has 11 nitrogen and oxygen atoms in total. The maximum Gasteiger partial charge on any atom is 0.246 e. The maximum atomic E-state index is 12.5. The molecule has 0 saturated carbocycles. The highest BCUT2D eigenvalue weighted by Crippen LogP contribution is 2.21. The number of hydrogen-bond acceptors (Lipinski definition) is 8. The predicted molar refractivity (Wildman–Crippen MR) is 120 cm³/mol. The fourth-order valence-corrected chi connectivity index (χ4v) is 4.90. The molecule has 0 saturated heterocycles. The fraction of sp³-hybridized carbons (Fsp3) is 0.333. The molecule has 0 spiro atoms. The summed E-state index contributed by atoms with van der Waals surface area (Å²) in [7, 11) is -3.96. The Morgan fingerprint density at radius 1 is 1.30 bits per heavy atom. The third kappa shape index (κ3) is 5.21. The second-order valence-corrected chi connectivity index (χ2v) is 9.11. The Labute approximate surface area is 191 Å². The van der Waals surface area contributed by atoms with Crippen molar-refractivity contribution in [2.75, 3.05) is 12.3 Å². The van der Waals surface area contributed by atoms with Crippen LogP contribution >= 0.6 is 0 Å². The van der Waals surface area contributed by atoms with Gasteiger partial charge in [-0.25, -0.2) is 13.1 Å². The predicted octanol–water partition coefficient (Wildman–Crippen LogP) is 1.35. The van der Waals surface area contributed by atoms with Crippen LogP contribution in [0.3, 0.4) is 0 Å². The van der Waals surface area contributed by atoms with Crippen molar-refractivity contribution in [2.45, 2.75) is 44.6 Å². The number of nitrogens with zero attached hydrogens (tertiary/aromatic N) is 4. The number of para-hydroxylation sites is 1. The summed E-state index contributed by atoms with van der Waals surface area (Å²) in [5.41, 5.74) is 7.87. The van der Waals surface area contributed by atoms with E-state index in [1.54, 1.807) is 0 Å². The molecule has 1 aromatic carbocycles. The Kier molecular flexibility index (Phi) is 7.15. The second-order valence-electron chi connectivity index (χ2n) is 7.46. The molecule has 1 amide bonds. The molecule has 0 unspecified atom stereocenters. The van der Waals surface area contributed by atoms with Gasteiger partial charge in [0.25, 0.3) is 0 Å². The highest BCUT2D eigenvalue weighted by Gasteiger charge is 2.28. The normalized spacial score (nSPS) is 12.3. The number of aryl methyl sites for hydroxylation is 3. The highest BCUT2D eigenvalue weighted by molar-refractivity contribution is 7.89. The quantitative estimate of drug-likeness (QED) is 0.393.